The lowest BCUT2D eigenvalue weighted by atomic mass is 9.90. The maximum Gasteiger partial charge on any atom is 0.267 e. The van der Waals surface area contributed by atoms with Gasteiger partial charge in [-0.2, -0.15) is 0 Å². The number of thioether (sulfide) groups is 1. The predicted molar refractivity (Wildman–Crippen MR) is 56.5 cm³/mol. The lowest BCUT2D eigenvalue weighted by molar-refractivity contribution is -0.120. The van der Waals surface area contributed by atoms with E-state index in [1.807, 2.05) is 0 Å². The van der Waals surface area contributed by atoms with Gasteiger partial charge < -0.3 is 4.79 Å². The van der Waals surface area contributed by atoms with E-state index in [-0.39, 0.29) is 5.91 Å². The number of aliphatic imine (C=N–C) groups is 1. The number of carbonyl (C=O) groups is 2. The highest BCUT2D eigenvalue weighted by atomic mass is 32.2. The molecule has 0 radical (unpaired) electrons. The fraction of sp³-hybridized carbons (Fsp3) is 0.700. The third-order valence-corrected chi connectivity index (χ3v) is 4.02. The van der Waals surface area contributed by atoms with Crippen LogP contribution in [0.3, 0.4) is 0 Å². The largest absolute Gasteiger partial charge is 0.302 e. The Balaban J connectivity index is 2.02. The van der Waals surface area contributed by atoms with Gasteiger partial charge in [-0.3, -0.25) is 4.79 Å². The van der Waals surface area contributed by atoms with Crippen molar-refractivity contribution in [2.75, 3.05) is 0 Å². The number of carbonyl (C=O) groups excluding carboxylic acids is 2. The lowest BCUT2D eigenvalue weighted by Crippen LogP contribution is -2.14. The second-order valence-electron chi connectivity index (χ2n) is 3.80. The molecule has 0 bridgehead atoms. The van der Waals surface area contributed by atoms with Crippen LogP contribution in [0.4, 0.5) is 0 Å². The van der Waals surface area contributed by atoms with E-state index < -0.39 is 5.25 Å². The maximum absolute atomic E-state index is 11.2. The number of rotatable bonds is 2. The van der Waals surface area contributed by atoms with Crippen molar-refractivity contribution in [3.8, 4) is 0 Å². The molecule has 0 aromatic rings. The molecule has 2 aliphatic rings. The zero-order valence-corrected chi connectivity index (χ0v) is 8.76. The summed E-state index contributed by atoms with van der Waals surface area (Å²) in [6.45, 7) is 0. The highest BCUT2D eigenvalue weighted by Gasteiger charge is 2.32. The molecule has 0 N–H and O–H groups in total. The van der Waals surface area contributed by atoms with Crippen molar-refractivity contribution in [1.82, 2.24) is 0 Å². The number of hydrogen-bond acceptors (Lipinski definition) is 3. The molecule has 1 unspecified atom stereocenters. The van der Waals surface area contributed by atoms with Crippen molar-refractivity contribution in [3.63, 3.8) is 0 Å². The van der Waals surface area contributed by atoms with E-state index in [1.54, 1.807) is 0 Å². The predicted octanol–water partition coefficient (Wildman–Crippen LogP) is 1.81. The van der Waals surface area contributed by atoms with Gasteiger partial charge in [-0.05, 0) is 12.8 Å². The van der Waals surface area contributed by atoms with E-state index >= 15 is 0 Å². The molecule has 1 aliphatic carbocycles. The van der Waals surface area contributed by atoms with Crippen LogP contribution in [0.1, 0.15) is 32.1 Å². The minimum Gasteiger partial charge on any atom is -0.302 e. The minimum atomic E-state index is -0.549. The lowest BCUT2D eigenvalue weighted by Gasteiger charge is -2.20. The van der Waals surface area contributed by atoms with Crippen LogP contribution >= 0.6 is 11.8 Å². The average Bonchev–Trinajstić information content (AvgIpc) is 2.61. The van der Waals surface area contributed by atoms with E-state index in [1.165, 1.54) is 31.0 Å². The molecule has 76 valence electrons. The Bertz CT molecular complexity index is 282. The second-order valence-corrected chi connectivity index (χ2v) is 4.96. The quantitative estimate of drug-likeness (QED) is 0.517. The monoisotopic (exact) mass is 211 g/mol. The highest BCUT2D eigenvalue weighted by Crippen LogP contribution is 2.33. The minimum absolute atomic E-state index is 0.259. The maximum atomic E-state index is 11.2. The number of hydrogen-bond donors (Lipinski definition) is 0. The normalized spacial score (nSPS) is 29.0. The Kier molecular flexibility index (Phi) is 3.01. The summed E-state index contributed by atoms with van der Waals surface area (Å²) in [4.78, 5) is 25.7. The molecular weight excluding hydrogens is 198 g/mol. The average molecular weight is 211 g/mol. The van der Waals surface area contributed by atoms with Crippen LogP contribution in [0.2, 0.25) is 0 Å². The van der Waals surface area contributed by atoms with Crippen LogP contribution in [0.25, 0.3) is 0 Å². The van der Waals surface area contributed by atoms with Gasteiger partial charge in [-0.1, -0.05) is 31.0 Å². The second kappa shape index (κ2) is 4.26. The molecular formula is C10H13NO2S. The van der Waals surface area contributed by atoms with E-state index in [0.29, 0.717) is 12.2 Å². The molecule has 14 heavy (non-hydrogen) atoms. The number of nitrogens with zero attached hydrogens (tertiary/aromatic N) is 1. The van der Waals surface area contributed by atoms with Crippen molar-refractivity contribution in [3.05, 3.63) is 0 Å². The molecule has 4 heteroatoms. The number of aldehydes is 1. The summed E-state index contributed by atoms with van der Waals surface area (Å²) < 4.78 is 0. The van der Waals surface area contributed by atoms with Crippen molar-refractivity contribution in [1.29, 1.82) is 0 Å². The van der Waals surface area contributed by atoms with E-state index in [2.05, 4.69) is 4.99 Å². The molecule has 1 aliphatic heterocycles. The van der Waals surface area contributed by atoms with Crippen molar-refractivity contribution in [2.24, 2.45) is 10.9 Å². The van der Waals surface area contributed by atoms with Gasteiger partial charge in [0.2, 0.25) is 0 Å². The van der Waals surface area contributed by atoms with Crippen molar-refractivity contribution < 1.29 is 9.59 Å². The first-order chi connectivity index (χ1) is 6.81. The molecule has 2 rings (SSSR count). The van der Waals surface area contributed by atoms with Crippen molar-refractivity contribution in [2.45, 2.75) is 37.4 Å². The van der Waals surface area contributed by atoms with E-state index in [9.17, 15) is 9.59 Å². The summed E-state index contributed by atoms with van der Waals surface area (Å²) in [7, 11) is 0. The van der Waals surface area contributed by atoms with Gasteiger partial charge >= 0.3 is 0 Å². The zero-order valence-electron chi connectivity index (χ0n) is 7.94. The van der Waals surface area contributed by atoms with Crippen LogP contribution in [0.15, 0.2) is 4.99 Å². The summed E-state index contributed by atoms with van der Waals surface area (Å²) in [6.07, 6.45) is 6.70. The summed E-state index contributed by atoms with van der Waals surface area (Å²) in [6, 6.07) is 0. The molecule has 0 saturated heterocycles. The first kappa shape index (κ1) is 9.90. The molecule has 1 fully saturated rings. The first-order valence-electron chi connectivity index (χ1n) is 5.05. The molecule has 1 amide bonds. The SMILES string of the molecule is O=CC1SC(C2CCCCC2)=NC1=O. The Morgan fingerprint density at radius 1 is 1.29 bits per heavy atom. The van der Waals surface area contributed by atoms with Crippen LogP contribution in [0, 0.1) is 5.92 Å². The van der Waals surface area contributed by atoms with Gasteiger partial charge in [0.1, 0.15) is 11.5 Å². The molecule has 1 saturated carbocycles. The summed E-state index contributed by atoms with van der Waals surface area (Å²) >= 11 is 1.36. The first-order valence-corrected chi connectivity index (χ1v) is 5.93. The Labute approximate surface area is 87.4 Å². The Morgan fingerprint density at radius 3 is 2.57 bits per heavy atom. The molecule has 1 heterocycles. The molecule has 0 aromatic carbocycles. The zero-order chi connectivity index (χ0) is 9.97. The van der Waals surface area contributed by atoms with Gasteiger partial charge in [0.05, 0.1) is 5.04 Å². The third kappa shape index (κ3) is 1.90. The topological polar surface area (TPSA) is 46.5 Å². The smallest absolute Gasteiger partial charge is 0.267 e. The molecule has 0 spiro atoms. The fourth-order valence-electron chi connectivity index (χ4n) is 2.00. The standard InChI is InChI=1S/C10H13NO2S/c12-6-8-9(13)11-10(14-8)7-4-2-1-3-5-7/h6-8H,1-5H2. The van der Waals surface area contributed by atoms with Gasteiger partial charge in [0.15, 0.2) is 0 Å². The van der Waals surface area contributed by atoms with Crippen molar-refractivity contribution >= 4 is 29.0 Å². The van der Waals surface area contributed by atoms with Crippen LogP contribution in [0.5, 0.6) is 0 Å². The summed E-state index contributed by atoms with van der Waals surface area (Å²) in [5, 5.41) is 0.360. The third-order valence-electron chi connectivity index (χ3n) is 2.79. The van der Waals surface area contributed by atoms with Gasteiger partial charge in [0, 0.05) is 5.92 Å². The van der Waals surface area contributed by atoms with Gasteiger partial charge in [-0.15, -0.1) is 0 Å². The van der Waals surface area contributed by atoms with Gasteiger partial charge in [0.25, 0.3) is 5.91 Å². The van der Waals surface area contributed by atoms with E-state index in [4.69, 9.17) is 0 Å². The Hall–Kier alpha value is -0.640. The Morgan fingerprint density at radius 2 is 2.00 bits per heavy atom. The molecule has 0 aromatic heterocycles. The van der Waals surface area contributed by atoms with Gasteiger partial charge in [-0.25, -0.2) is 4.99 Å². The van der Waals surface area contributed by atoms with Crippen LogP contribution in [-0.2, 0) is 9.59 Å². The molecule has 3 nitrogen and oxygen atoms in total. The van der Waals surface area contributed by atoms with Crippen LogP contribution in [-0.4, -0.2) is 22.5 Å². The van der Waals surface area contributed by atoms with Crippen LogP contribution < -0.4 is 0 Å². The number of amides is 1. The molecule has 1 atom stereocenters. The highest BCUT2D eigenvalue weighted by molar-refractivity contribution is 8.16. The fourth-order valence-corrected chi connectivity index (χ4v) is 3.04. The van der Waals surface area contributed by atoms with E-state index in [0.717, 1.165) is 17.9 Å². The summed E-state index contributed by atoms with van der Waals surface area (Å²) in [5.74, 6) is 0.188. The summed E-state index contributed by atoms with van der Waals surface area (Å²) in [5.41, 5.74) is 0.